The molecule has 2 unspecified atom stereocenters. The highest BCUT2D eigenvalue weighted by molar-refractivity contribution is 5.81. The number of nitrogens with one attached hydrogen (secondary N) is 1. The normalized spacial score (nSPS) is 14.9. The molecule has 0 amide bonds. The fourth-order valence-electron chi connectivity index (χ4n) is 2.93. The molecule has 0 saturated carbocycles. The van der Waals surface area contributed by atoms with Gasteiger partial charge in [0.2, 0.25) is 0 Å². The van der Waals surface area contributed by atoms with Gasteiger partial charge in [0, 0.05) is 32.0 Å². The number of likely N-dealkylation sites (N-methyl/N-ethyl adjacent to an activating group) is 1. The van der Waals surface area contributed by atoms with E-state index in [2.05, 4.69) is 48.5 Å². The molecule has 0 aliphatic rings. The summed E-state index contributed by atoms with van der Waals surface area (Å²) in [6, 6.07) is 8.63. The maximum atomic E-state index is 5.66. The van der Waals surface area contributed by atoms with Gasteiger partial charge in [0.15, 0.2) is 0 Å². The van der Waals surface area contributed by atoms with Gasteiger partial charge in [-0.2, -0.15) is 5.10 Å². The number of ether oxygens (including phenoxy) is 1. The Balaban J connectivity index is 2.30. The number of nitrogens with zero attached hydrogens (tertiary/aromatic N) is 2. The predicted molar refractivity (Wildman–Crippen MR) is 82.9 cm³/mol. The minimum absolute atomic E-state index is 0.181. The first-order valence-corrected chi connectivity index (χ1v) is 7.19. The van der Waals surface area contributed by atoms with Crippen molar-refractivity contribution in [3.63, 3.8) is 0 Å². The molecule has 0 radical (unpaired) electrons. The summed E-state index contributed by atoms with van der Waals surface area (Å²) in [6.07, 6.45) is 1.05. The Hall–Kier alpha value is -1.39. The third-order valence-corrected chi connectivity index (χ3v) is 3.94. The molecule has 1 aromatic heterocycles. The van der Waals surface area contributed by atoms with Gasteiger partial charge < -0.3 is 10.1 Å². The molecule has 1 heterocycles. The second-order valence-electron chi connectivity index (χ2n) is 5.63. The zero-order chi connectivity index (χ0) is 14.7. The first-order valence-electron chi connectivity index (χ1n) is 7.19. The molecule has 4 heteroatoms. The van der Waals surface area contributed by atoms with Crippen molar-refractivity contribution in [2.24, 2.45) is 13.0 Å². The monoisotopic (exact) mass is 275 g/mol. The molecular formula is C16H25N3O. The van der Waals surface area contributed by atoms with Gasteiger partial charge in [-0.3, -0.25) is 4.68 Å². The van der Waals surface area contributed by atoms with Gasteiger partial charge in [0.05, 0.1) is 17.3 Å². The number of aromatic nitrogens is 2. The highest BCUT2D eigenvalue weighted by atomic mass is 16.5. The molecule has 0 aliphatic carbocycles. The third-order valence-electron chi connectivity index (χ3n) is 3.94. The molecule has 1 aromatic carbocycles. The summed E-state index contributed by atoms with van der Waals surface area (Å²) >= 11 is 0. The minimum atomic E-state index is 0.181. The van der Waals surface area contributed by atoms with E-state index in [0.29, 0.717) is 5.92 Å². The first kappa shape index (κ1) is 15.0. The van der Waals surface area contributed by atoms with Gasteiger partial charge in [0.1, 0.15) is 0 Å². The minimum Gasteiger partial charge on any atom is -0.380 e. The van der Waals surface area contributed by atoms with Crippen molar-refractivity contribution >= 4 is 10.9 Å². The Kier molecular flexibility index (Phi) is 4.78. The molecule has 110 valence electrons. The largest absolute Gasteiger partial charge is 0.380 e. The van der Waals surface area contributed by atoms with Crippen LogP contribution in [0.4, 0.5) is 0 Å². The fourth-order valence-corrected chi connectivity index (χ4v) is 2.93. The molecule has 20 heavy (non-hydrogen) atoms. The number of rotatable bonds is 6. The van der Waals surface area contributed by atoms with Gasteiger partial charge in [-0.05, 0) is 19.0 Å². The van der Waals surface area contributed by atoms with E-state index >= 15 is 0 Å². The topological polar surface area (TPSA) is 39.1 Å². The lowest BCUT2D eigenvalue weighted by atomic mass is 9.95. The molecule has 4 nitrogen and oxygen atoms in total. The van der Waals surface area contributed by atoms with Crippen LogP contribution in [-0.2, 0) is 18.2 Å². The van der Waals surface area contributed by atoms with Crippen molar-refractivity contribution in [2.45, 2.75) is 32.4 Å². The fraction of sp³-hybridized carbons (Fsp3) is 0.562. The van der Waals surface area contributed by atoms with Gasteiger partial charge >= 0.3 is 0 Å². The Bertz CT molecular complexity index is 562. The van der Waals surface area contributed by atoms with E-state index in [4.69, 9.17) is 4.74 Å². The van der Waals surface area contributed by atoms with Gasteiger partial charge in [-0.25, -0.2) is 0 Å². The lowest BCUT2D eigenvalue weighted by Gasteiger charge is -2.28. The quantitative estimate of drug-likeness (QED) is 0.879. The number of benzene rings is 1. The lowest BCUT2D eigenvalue weighted by Crippen LogP contribution is -2.43. The second-order valence-corrected chi connectivity index (χ2v) is 5.63. The number of fused-ring (bicyclic) bond motifs is 1. The van der Waals surface area contributed by atoms with Crippen LogP contribution in [-0.4, -0.2) is 36.1 Å². The molecule has 0 saturated heterocycles. The van der Waals surface area contributed by atoms with Crippen LogP contribution in [0.1, 0.15) is 19.5 Å². The predicted octanol–water partition coefficient (Wildman–Crippen LogP) is 2.37. The Labute approximate surface area is 121 Å². The summed E-state index contributed by atoms with van der Waals surface area (Å²) in [4.78, 5) is 0. The summed E-state index contributed by atoms with van der Waals surface area (Å²) in [5.41, 5.74) is 2.31. The van der Waals surface area contributed by atoms with E-state index in [1.165, 1.54) is 10.9 Å². The maximum absolute atomic E-state index is 5.66. The smallest absolute Gasteiger partial charge is 0.0750 e. The summed E-state index contributed by atoms with van der Waals surface area (Å²) in [6.45, 7) is 4.38. The van der Waals surface area contributed by atoms with E-state index < -0.39 is 0 Å². The van der Waals surface area contributed by atoms with Gasteiger partial charge in [-0.15, -0.1) is 0 Å². The van der Waals surface area contributed by atoms with Gasteiger partial charge in [0.25, 0.3) is 0 Å². The van der Waals surface area contributed by atoms with Crippen LogP contribution in [0.15, 0.2) is 24.3 Å². The Morgan fingerprint density at radius 3 is 2.60 bits per heavy atom. The van der Waals surface area contributed by atoms with Crippen molar-refractivity contribution < 1.29 is 4.74 Å². The molecule has 0 bridgehead atoms. The molecular weight excluding hydrogens is 250 g/mol. The molecule has 2 atom stereocenters. The van der Waals surface area contributed by atoms with E-state index in [0.717, 1.165) is 12.1 Å². The second kappa shape index (κ2) is 6.37. The van der Waals surface area contributed by atoms with Crippen LogP contribution >= 0.6 is 0 Å². The molecule has 2 aromatic rings. The van der Waals surface area contributed by atoms with E-state index in [9.17, 15) is 0 Å². The summed E-state index contributed by atoms with van der Waals surface area (Å²) in [5.74, 6) is 0.465. The van der Waals surface area contributed by atoms with Crippen molar-refractivity contribution in [1.29, 1.82) is 0 Å². The molecule has 0 spiro atoms. The highest BCUT2D eigenvalue weighted by Gasteiger charge is 2.25. The van der Waals surface area contributed by atoms with E-state index in [1.54, 1.807) is 7.11 Å². The van der Waals surface area contributed by atoms with E-state index in [-0.39, 0.29) is 12.1 Å². The van der Waals surface area contributed by atoms with Crippen molar-refractivity contribution in [3.05, 3.63) is 30.0 Å². The average Bonchev–Trinajstić information content (AvgIpc) is 2.75. The summed E-state index contributed by atoms with van der Waals surface area (Å²) < 4.78 is 7.61. The van der Waals surface area contributed by atoms with Crippen LogP contribution in [0.3, 0.4) is 0 Å². The molecule has 1 N–H and O–H groups in total. The highest BCUT2D eigenvalue weighted by Crippen LogP contribution is 2.21. The zero-order valence-electron chi connectivity index (χ0n) is 13.1. The van der Waals surface area contributed by atoms with Crippen LogP contribution in [0.5, 0.6) is 0 Å². The van der Waals surface area contributed by atoms with Crippen molar-refractivity contribution in [1.82, 2.24) is 15.1 Å². The summed E-state index contributed by atoms with van der Waals surface area (Å²) in [5, 5.41) is 9.29. The van der Waals surface area contributed by atoms with Crippen LogP contribution in [0, 0.1) is 5.92 Å². The van der Waals surface area contributed by atoms with Crippen LogP contribution in [0.25, 0.3) is 10.9 Å². The third kappa shape index (κ3) is 2.86. The number of aryl methyl sites for hydroxylation is 1. The van der Waals surface area contributed by atoms with Crippen molar-refractivity contribution in [2.75, 3.05) is 14.2 Å². The Morgan fingerprint density at radius 1 is 1.30 bits per heavy atom. The summed E-state index contributed by atoms with van der Waals surface area (Å²) in [7, 11) is 5.77. The lowest BCUT2D eigenvalue weighted by molar-refractivity contribution is 0.0352. The van der Waals surface area contributed by atoms with Gasteiger partial charge in [-0.1, -0.05) is 32.0 Å². The number of hydrogen-bond donors (Lipinski definition) is 1. The van der Waals surface area contributed by atoms with Crippen LogP contribution < -0.4 is 5.32 Å². The van der Waals surface area contributed by atoms with E-state index in [1.807, 2.05) is 18.8 Å². The number of methoxy groups -OCH3 is 1. The number of hydrogen-bond acceptors (Lipinski definition) is 3. The van der Waals surface area contributed by atoms with Crippen molar-refractivity contribution in [3.8, 4) is 0 Å². The SMILES string of the molecule is CNC(Cc1nn(C)c2ccccc12)C(OC)C(C)C. The molecule has 2 rings (SSSR count). The standard InChI is InChI=1S/C16H25N3O/c1-11(2)16(20-5)14(17-3)10-13-12-8-6-7-9-15(12)19(4)18-13/h6-9,11,14,16-17H,10H2,1-5H3. The maximum Gasteiger partial charge on any atom is 0.0750 e. The zero-order valence-corrected chi connectivity index (χ0v) is 13.1. The van der Waals surface area contributed by atoms with Crippen LogP contribution in [0.2, 0.25) is 0 Å². The molecule has 0 fully saturated rings. The average molecular weight is 275 g/mol. The first-order chi connectivity index (χ1) is 9.58. The number of para-hydroxylation sites is 1. The molecule has 0 aliphatic heterocycles. The Morgan fingerprint density at radius 2 is 2.00 bits per heavy atom.